The third-order valence-electron chi connectivity index (χ3n) is 2.79. The van der Waals surface area contributed by atoms with E-state index >= 15 is 0 Å². The normalized spacial score (nSPS) is 10.4. The van der Waals surface area contributed by atoms with Crippen LogP contribution in [0.15, 0.2) is 34.8 Å². The molecule has 0 radical (unpaired) electrons. The molecule has 116 valence electrons. The maximum atomic E-state index is 11.5. The topological polar surface area (TPSA) is 35.5 Å². The molecule has 7 heteroatoms. The third kappa shape index (κ3) is 4.07. The number of ether oxygens (including phenoxy) is 2. The number of benzene rings is 2. The fourth-order valence-electron chi connectivity index (χ4n) is 1.72. The molecule has 0 aliphatic rings. The Hall–Kier alpha value is -0.940. The first kappa shape index (κ1) is 17.4. The fourth-order valence-corrected chi connectivity index (χ4v) is 3.00. The molecule has 0 fully saturated rings. The lowest BCUT2D eigenvalue weighted by molar-refractivity contribution is 0.0600. The van der Waals surface area contributed by atoms with E-state index in [2.05, 4.69) is 20.7 Å². The van der Waals surface area contributed by atoms with Crippen LogP contribution in [0.5, 0.6) is 5.75 Å². The summed E-state index contributed by atoms with van der Waals surface area (Å²) in [5, 5.41) is 1.23. The van der Waals surface area contributed by atoms with E-state index < -0.39 is 5.97 Å². The van der Waals surface area contributed by atoms with Crippen molar-refractivity contribution in [1.29, 1.82) is 0 Å². The quantitative estimate of drug-likeness (QED) is 0.584. The molecule has 2 rings (SSSR count). The van der Waals surface area contributed by atoms with Gasteiger partial charge in [-0.05, 0) is 45.8 Å². The molecule has 0 spiro atoms. The summed E-state index contributed by atoms with van der Waals surface area (Å²) in [5.41, 5.74) is 1.18. The first-order valence-corrected chi connectivity index (χ1v) is 7.99. The molecule has 0 aliphatic carbocycles. The minimum Gasteiger partial charge on any atom is -0.486 e. The molecule has 22 heavy (non-hydrogen) atoms. The van der Waals surface area contributed by atoms with Crippen molar-refractivity contribution < 1.29 is 14.3 Å². The minimum absolute atomic E-state index is 0.257. The first-order valence-electron chi connectivity index (χ1n) is 6.06. The van der Waals surface area contributed by atoms with Crippen LogP contribution in [0.25, 0.3) is 0 Å². The number of carbonyl (C=O) groups is 1. The number of rotatable bonds is 4. The SMILES string of the molecule is COC(=O)c1cc(Cl)c(OCc2ccc(Cl)c(Cl)c2)c(Br)c1. The molecule has 3 nitrogen and oxygen atoms in total. The standard InChI is InChI=1S/C15H10BrCl3O3/c1-21-15(20)9-5-10(16)14(13(19)6-9)22-7-8-2-3-11(17)12(18)4-8/h2-6H,7H2,1H3. The van der Waals surface area contributed by atoms with E-state index in [0.717, 1.165) is 5.56 Å². The molecule has 0 atom stereocenters. The molecule has 0 saturated carbocycles. The van der Waals surface area contributed by atoms with E-state index in [1.54, 1.807) is 24.3 Å². The van der Waals surface area contributed by atoms with Gasteiger partial charge in [0.25, 0.3) is 0 Å². The summed E-state index contributed by atoms with van der Waals surface area (Å²) in [7, 11) is 1.30. The number of carbonyl (C=O) groups excluding carboxylic acids is 1. The monoisotopic (exact) mass is 422 g/mol. The van der Waals surface area contributed by atoms with Crippen LogP contribution in [0, 0.1) is 0 Å². The van der Waals surface area contributed by atoms with Crippen molar-refractivity contribution in [3.05, 3.63) is 61.0 Å². The average Bonchev–Trinajstić information content (AvgIpc) is 2.48. The molecule has 0 saturated heterocycles. The Kier molecular flexibility index (Phi) is 5.98. The molecule has 0 N–H and O–H groups in total. The van der Waals surface area contributed by atoms with Gasteiger partial charge in [-0.1, -0.05) is 40.9 Å². The summed E-state index contributed by atoms with van der Waals surface area (Å²) in [6.45, 7) is 0.257. The maximum absolute atomic E-state index is 11.5. The van der Waals surface area contributed by atoms with Crippen molar-refractivity contribution in [3.8, 4) is 5.75 Å². The second-order valence-corrected chi connectivity index (χ2v) is 6.37. The molecule has 2 aromatic rings. The van der Waals surface area contributed by atoms with Crippen LogP contribution >= 0.6 is 50.7 Å². The van der Waals surface area contributed by atoms with Gasteiger partial charge in [0.15, 0.2) is 5.75 Å². The lowest BCUT2D eigenvalue weighted by Gasteiger charge is -2.12. The predicted octanol–water partition coefficient (Wildman–Crippen LogP) is 5.77. The summed E-state index contributed by atoms with van der Waals surface area (Å²) in [6, 6.07) is 8.29. The van der Waals surface area contributed by atoms with Crippen molar-refractivity contribution in [2.24, 2.45) is 0 Å². The number of methoxy groups -OCH3 is 1. The van der Waals surface area contributed by atoms with Crippen molar-refractivity contribution in [2.45, 2.75) is 6.61 Å². The van der Waals surface area contributed by atoms with Gasteiger partial charge in [-0.15, -0.1) is 0 Å². The van der Waals surface area contributed by atoms with Gasteiger partial charge in [-0.3, -0.25) is 0 Å². The minimum atomic E-state index is -0.473. The van der Waals surface area contributed by atoms with Crippen LogP contribution in [0.3, 0.4) is 0 Å². The molecule has 0 bridgehead atoms. The van der Waals surface area contributed by atoms with E-state index in [4.69, 9.17) is 39.5 Å². The Bertz CT molecular complexity index is 696. The summed E-state index contributed by atoms with van der Waals surface area (Å²) in [5.74, 6) is -0.0426. The number of hydrogen-bond donors (Lipinski definition) is 0. The van der Waals surface area contributed by atoms with E-state index in [0.29, 0.717) is 30.9 Å². The molecule has 0 heterocycles. The van der Waals surface area contributed by atoms with E-state index in [-0.39, 0.29) is 6.61 Å². The van der Waals surface area contributed by atoms with Crippen LogP contribution in [0.2, 0.25) is 15.1 Å². The van der Waals surface area contributed by atoms with Crippen LogP contribution in [-0.4, -0.2) is 13.1 Å². The molecule has 0 unspecified atom stereocenters. The van der Waals surface area contributed by atoms with Crippen LogP contribution in [0.4, 0.5) is 0 Å². The Labute approximate surface area is 151 Å². The summed E-state index contributed by atoms with van der Waals surface area (Å²) < 4.78 is 10.9. The second-order valence-electron chi connectivity index (χ2n) is 4.30. The number of halogens is 4. The highest BCUT2D eigenvalue weighted by Crippen LogP contribution is 2.35. The van der Waals surface area contributed by atoms with Gasteiger partial charge in [-0.2, -0.15) is 0 Å². The van der Waals surface area contributed by atoms with Gasteiger partial charge in [0, 0.05) is 0 Å². The van der Waals surface area contributed by atoms with Gasteiger partial charge in [0.05, 0.1) is 32.2 Å². The zero-order chi connectivity index (χ0) is 16.3. The highest BCUT2D eigenvalue weighted by molar-refractivity contribution is 9.10. The van der Waals surface area contributed by atoms with Crippen LogP contribution in [-0.2, 0) is 11.3 Å². The summed E-state index contributed by atoms with van der Waals surface area (Å²) in [4.78, 5) is 11.5. The molecular weight excluding hydrogens is 414 g/mol. The third-order valence-corrected chi connectivity index (χ3v) is 4.40. The van der Waals surface area contributed by atoms with E-state index in [1.165, 1.54) is 13.2 Å². The van der Waals surface area contributed by atoms with E-state index in [1.807, 2.05) is 0 Å². The van der Waals surface area contributed by atoms with Crippen molar-refractivity contribution >= 4 is 56.7 Å². The van der Waals surface area contributed by atoms with Crippen LogP contribution < -0.4 is 4.74 Å². The van der Waals surface area contributed by atoms with Gasteiger partial charge < -0.3 is 9.47 Å². The highest BCUT2D eigenvalue weighted by Gasteiger charge is 2.14. The molecular formula is C15H10BrCl3O3. The summed E-state index contributed by atoms with van der Waals surface area (Å²) >= 11 is 21.3. The van der Waals surface area contributed by atoms with Gasteiger partial charge in [0.2, 0.25) is 0 Å². The first-order chi connectivity index (χ1) is 10.4. The fraction of sp³-hybridized carbons (Fsp3) is 0.133. The molecule has 0 aliphatic heterocycles. The van der Waals surface area contributed by atoms with Crippen molar-refractivity contribution in [1.82, 2.24) is 0 Å². The Morgan fingerprint density at radius 2 is 1.82 bits per heavy atom. The highest BCUT2D eigenvalue weighted by atomic mass is 79.9. The molecule has 2 aromatic carbocycles. The Balaban J connectivity index is 2.19. The number of hydrogen-bond acceptors (Lipinski definition) is 3. The maximum Gasteiger partial charge on any atom is 0.337 e. The van der Waals surface area contributed by atoms with Crippen LogP contribution in [0.1, 0.15) is 15.9 Å². The lowest BCUT2D eigenvalue weighted by Crippen LogP contribution is -2.03. The molecule has 0 amide bonds. The van der Waals surface area contributed by atoms with Crippen molar-refractivity contribution in [2.75, 3.05) is 7.11 Å². The largest absolute Gasteiger partial charge is 0.486 e. The average molecular weight is 425 g/mol. The smallest absolute Gasteiger partial charge is 0.337 e. The lowest BCUT2D eigenvalue weighted by atomic mass is 10.2. The van der Waals surface area contributed by atoms with Gasteiger partial charge in [0.1, 0.15) is 6.61 Å². The molecule has 0 aromatic heterocycles. The van der Waals surface area contributed by atoms with Crippen molar-refractivity contribution in [3.63, 3.8) is 0 Å². The zero-order valence-electron chi connectivity index (χ0n) is 11.3. The number of esters is 1. The predicted molar refractivity (Wildman–Crippen MR) is 91.3 cm³/mol. The zero-order valence-corrected chi connectivity index (χ0v) is 15.2. The second kappa shape index (κ2) is 7.55. The Morgan fingerprint density at radius 1 is 1.09 bits per heavy atom. The summed E-state index contributed by atoms with van der Waals surface area (Å²) in [6.07, 6.45) is 0. The van der Waals surface area contributed by atoms with Gasteiger partial charge >= 0.3 is 5.97 Å². The van der Waals surface area contributed by atoms with Gasteiger partial charge in [-0.25, -0.2) is 4.79 Å². The Morgan fingerprint density at radius 3 is 2.41 bits per heavy atom. The van der Waals surface area contributed by atoms with E-state index in [9.17, 15) is 4.79 Å².